The van der Waals surface area contributed by atoms with Gasteiger partial charge in [0.15, 0.2) is 0 Å². The molecule has 3 heteroatoms. The van der Waals surface area contributed by atoms with Crippen LogP contribution in [-0.2, 0) is 9.53 Å². The standard InChI is InChI=1S/C18H26O3/c1-3-5-6-7-15-20-17-11-8-16(9-12-17)10-13-18(19)21-14-4-2/h8-13H,3-7,14-15H2,1-2H3. The van der Waals surface area contributed by atoms with Crippen LogP contribution in [-0.4, -0.2) is 19.2 Å². The van der Waals surface area contributed by atoms with Crippen molar-refractivity contribution in [2.75, 3.05) is 13.2 Å². The number of hydrogen-bond donors (Lipinski definition) is 0. The smallest absolute Gasteiger partial charge is 0.330 e. The molecule has 0 heterocycles. The van der Waals surface area contributed by atoms with Gasteiger partial charge in [-0.25, -0.2) is 4.79 Å². The number of ether oxygens (including phenoxy) is 2. The number of unbranched alkanes of at least 4 members (excludes halogenated alkanes) is 3. The van der Waals surface area contributed by atoms with Crippen LogP contribution in [0.15, 0.2) is 30.3 Å². The number of benzene rings is 1. The van der Waals surface area contributed by atoms with Crippen LogP contribution in [0.1, 0.15) is 51.5 Å². The molecule has 3 nitrogen and oxygen atoms in total. The second-order valence-electron chi connectivity index (χ2n) is 4.98. The Bertz CT molecular complexity index is 421. The molecular formula is C18H26O3. The van der Waals surface area contributed by atoms with Crippen LogP contribution < -0.4 is 4.74 Å². The molecule has 1 aromatic carbocycles. The average Bonchev–Trinajstić information content (AvgIpc) is 2.52. The highest BCUT2D eigenvalue weighted by Gasteiger charge is 1.97. The first-order valence-electron chi connectivity index (χ1n) is 7.84. The molecule has 0 radical (unpaired) electrons. The first-order valence-corrected chi connectivity index (χ1v) is 7.84. The van der Waals surface area contributed by atoms with Gasteiger partial charge in [-0.1, -0.05) is 45.2 Å². The van der Waals surface area contributed by atoms with Crippen LogP contribution >= 0.6 is 0 Å². The van der Waals surface area contributed by atoms with Gasteiger partial charge in [0.25, 0.3) is 0 Å². The summed E-state index contributed by atoms with van der Waals surface area (Å²) in [5.41, 5.74) is 0.960. The lowest BCUT2D eigenvalue weighted by Gasteiger charge is -2.06. The molecule has 0 fully saturated rings. The van der Waals surface area contributed by atoms with E-state index in [-0.39, 0.29) is 5.97 Å². The van der Waals surface area contributed by atoms with Crippen molar-refractivity contribution in [3.63, 3.8) is 0 Å². The molecule has 0 aromatic heterocycles. The van der Waals surface area contributed by atoms with E-state index in [0.717, 1.165) is 30.8 Å². The van der Waals surface area contributed by atoms with Crippen molar-refractivity contribution < 1.29 is 14.3 Å². The van der Waals surface area contributed by atoms with Gasteiger partial charge in [0, 0.05) is 6.08 Å². The first-order chi connectivity index (χ1) is 10.3. The van der Waals surface area contributed by atoms with Crippen molar-refractivity contribution in [1.82, 2.24) is 0 Å². The van der Waals surface area contributed by atoms with Crippen molar-refractivity contribution in [3.8, 4) is 5.75 Å². The predicted octanol–water partition coefficient (Wildman–Crippen LogP) is 4.61. The predicted molar refractivity (Wildman–Crippen MR) is 86.4 cm³/mol. The summed E-state index contributed by atoms with van der Waals surface area (Å²) >= 11 is 0. The molecule has 0 saturated heterocycles. The zero-order chi connectivity index (χ0) is 15.3. The SMILES string of the molecule is CCCCCCOc1ccc(C=CC(=O)OCCC)cc1. The van der Waals surface area contributed by atoms with E-state index in [1.807, 2.05) is 31.2 Å². The number of carbonyl (C=O) groups is 1. The Morgan fingerprint density at radius 2 is 1.76 bits per heavy atom. The van der Waals surface area contributed by atoms with E-state index in [9.17, 15) is 4.79 Å². The molecule has 0 saturated carbocycles. The Labute approximate surface area is 128 Å². The summed E-state index contributed by atoms with van der Waals surface area (Å²) in [7, 11) is 0. The summed E-state index contributed by atoms with van der Waals surface area (Å²) in [5.74, 6) is 0.574. The van der Waals surface area contributed by atoms with Gasteiger partial charge < -0.3 is 9.47 Å². The first kappa shape index (κ1) is 17.3. The molecule has 0 aliphatic heterocycles. The summed E-state index contributed by atoms with van der Waals surface area (Å²) in [6.07, 6.45) is 8.86. The maximum absolute atomic E-state index is 11.3. The lowest BCUT2D eigenvalue weighted by Crippen LogP contribution is -2.00. The summed E-state index contributed by atoms with van der Waals surface area (Å²) in [5, 5.41) is 0. The summed E-state index contributed by atoms with van der Waals surface area (Å²) in [4.78, 5) is 11.3. The van der Waals surface area contributed by atoms with Crippen molar-refractivity contribution in [1.29, 1.82) is 0 Å². The Hall–Kier alpha value is -1.77. The Balaban J connectivity index is 2.32. The van der Waals surface area contributed by atoms with Gasteiger partial charge in [0.05, 0.1) is 13.2 Å². The van der Waals surface area contributed by atoms with Crippen molar-refractivity contribution >= 4 is 12.0 Å². The number of carbonyl (C=O) groups excluding carboxylic acids is 1. The minimum Gasteiger partial charge on any atom is -0.494 e. The Morgan fingerprint density at radius 1 is 1.00 bits per heavy atom. The van der Waals surface area contributed by atoms with E-state index < -0.39 is 0 Å². The fraction of sp³-hybridized carbons (Fsp3) is 0.500. The molecule has 0 aliphatic carbocycles. The molecule has 0 unspecified atom stereocenters. The molecule has 0 spiro atoms. The van der Waals surface area contributed by atoms with Gasteiger partial charge in [0.1, 0.15) is 5.75 Å². The van der Waals surface area contributed by atoms with E-state index in [1.165, 1.54) is 25.3 Å². The van der Waals surface area contributed by atoms with Crippen LogP contribution in [0.3, 0.4) is 0 Å². The molecule has 116 valence electrons. The van der Waals surface area contributed by atoms with Crippen LogP contribution in [0.5, 0.6) is 5.75 Å². The van der Waals surface area contributed by atoms with Crippen LogP contribution in [0.4, 0.5) is 0 Å². The van der Waals surface area contributed by atoms with Crippen molar-refractivity contribution in [2.24, 2.45) is 0 Å². The van der Waals surface area contributed by atoms with E-state index in [2.05, 4.69) is 6.92 Å². The highest BCUT2D eigenvalue weighted by atomic mass is 16.5. The van der Waals surface area contributed by atoms with E-state index in [1.54, 1.807) is 6.08 Å². The number of hydrogen-bond acceptors (Lipinski definition) is 3. The monoisotopic (exact) mass is 290 g/mol. The molecule has 0 bridgehead atoms. The van der Waals surface area contributed by atoms with Crippen molar-refractivity contribution in [2.45, 2.75) is 46.0 Å². The molecule has 21 heavy (non-hydrogen) atoms. The highest BCUT2D eigenvalue weighted by Crippen LogP contribution is 2.14. The quantitative estimate of drug-likeness (QED) is 0.358. The third-order valence-corrected chi connectivity index (χ3v) is 3.01. The van der Waals surface area contributed by atoms with Gasteiger partial charge in [-0.3, -0.25) is 0 Å². The maximum Gasteiger partial charge on any atom is 0.330 e. The molecule has 0 atom stereocenters. The van der Waals surface area contributed by atoms with E-state index >= 15 is 0 Å². The molecule has 1 rings (SSSR count). The van der Waals surface area contributed by atoms with Gasteiger partial charge in [-0.05, 0) is 36.6 Å². The van der Waals surface area contributed by atoms with Crippen LogP contribution in [0.2, 0.25) is 0 Å². The lowest BCUT2D eigenvalue weighted by molar-refractivity contribution is -0.137. The molecule has 1 aromatic rings. The topological polar surface area (TPSA) is 35.5 Å². The highest BCUT2D eigenvalue weighted by molar-refractivity contribution is 5.87. The Kier molecular flexibility index (Phi) is 9.01. The molecule has 0 N–H and O–H groups in total. The van der Waals surface area contributed by atoms with Crippen molar-refractivity contribution in [3.05, 3.63) is 35.9 Å². The third-order valence-electron chi connectivity index (χ3n) is 3.01. The number of rotatable bonds is 10. The largest absolute Gasteiger partial charge is 0.494 e. The molecule has 0 amide bonds. The minimum atomic E-state index is -0.298. The molecular weight excluding hydrogens is 264 g/mol. The summed E-state index contributed by atoms with van der Waals surface area (Å²) in [6, 6.07) is 7.73. The summed E-state index contributed by atoms with van der Waals surface area (Å²) in [6.45, 7) is 5.40. The number of esters is 1. The van der Waals surface area contributed by atoms with Gasteiger partial charge in [-0.15, -0.1) is 0 Å². The minimum absolute atomic E-state index is 0.298. The van der Waals surface area contributed by atoms with Crippen LogP contribution in [0, 0.1) is 0 Å². The molecule has 0 aliphatic rings. The second kappa shape index (κ2) is 11.0. The zero-order valence-electron chi connectivity index (χ0n) is 13.1. The second-order valence-corrected chi connectivity index (χ2v) is 4.98. The summed E-state index contributed by atoms with van der Waals surface area (Å²) < 4.78 is 10.6. The van der Waals surface area contributed by atoms with Crippen LogP contribution in [0.25, 0.3) is 6.08 Å². The third kappa shape index (κ3) is 8.18. The van der Waals surface area contributed by atoms with E-state index in [4.69, 9.17) is 9.47 Å². The van der Waals surface area contributed by atoms with Gasteiger partial charge in [-0.2, -0.15) is 0 Å². The maximum atomic E-state index is 11.3. The lowest BCUT2D eigenvalue weighted by atomic mass is 10.2. The van der Waals surface area contributed by atoms with Gasteiger partial charge >= 0.3 is 5.97 Å². The Morgan fingerprint density at radius 3 is 2.43 bits per heavy atom. The fourth-order valence-electron chi connectivity index (χ4n) is 1.81. The van der Waals surface area contributed by atoms with Gasteiger partial charge in [0.2, 0.25) is 0 Å². The zero-order valence-corrected chi connectivity index (χ0v) is 13.1. The average molecular weight is 290 g/mol. The van der Waals surface area contributed by atoms with E-state index in [0.29, 0.717) is 6.61 Å². The normalized spacial score (nSPS) is 10.8. The fourth-order valence-corrected chi connectivity index (χ4v) is 1.81.